The monoisotopic (exact) mass is 358 g/mol. The number of nitrogens with two attached hydrogens (primary N) is 1. The molecule has 20 heavy (non-hydrogen) atoms. The first kappa shape index (κ1) is 14.8. The van der Waals surface area contributed by atoms with E-state index >= 15 is 0 Å². The summed E-state index contributed by atoms with van der Waals surface area (Å²) >= 11 is 9.20. The third kappa shape index (κ3) is 3.12. The van der Waals surface area contributed by atoms with Gasteiger partial charge in [0.25, 0.3) is 5.91 Å². The first-order valence-corrected chi connectivity index (χ1v) is 6.82. The van der Waals surface area contributed by atoms with Crippen LogP contribution in [-0.4, -0.2) is 16.1 Å². The fourth-order valence-electron chi connectivity index (χ4n) is 1.70. The summed E-state index contributed by atoms with van der Waals surface area (Å²) in [5, 5.41) is 7.37. The van der Waals surface area contributed by atoms with E-state index in [0.717, 1.165) is 4.47 Å². The van der Waals surface area contributed by atoms with E-state index in [1.807, 2.05) is 0 Å². The van der Waals surface area contributed by atoms with E-state index in [1.54, 1.807) is 25.1 Å². The first-order valence-electron chi connectivity index (χ1n) is 5.65. The molecule has 6 nitrogen and oxygen atoms in total. The van der Waals surface area contributed by atoms with Crippen LogP contribution in [-0.2, 0) is 6.61 Å². The predicted octanol–water partition coefficient (Wildman–Crippen LogP) is 2.32. The van der Waals surface area contributed by atoms with E-state index in [-0.39, 0.29) is 6.61 Å². The zero-order valence-corrected chi connectivity index (χ0v) is 12.9. The molecule has 4 N–H and O–H groups in total. The zero-order chi connectivity index (χ0) is 14.7. The van der Waals surface area contributed by atoms with Crippen LogP contribution in [0.1, 0.15) is 21.7 Å². The summed E-state index contributed by atoms with van der Waals surface area (Å²) < 4.78 is 6.34. The lowest BCUT2D eigenvalue weighted by atomic mass is 10.2. The fourth-order valence-corrected chi connectivity index (χ4v) is 2.49. The number of aryl methyl sites for hydroxylation is 1. The SMILES string of the molecule is Cc1[nH]nc(COc2ccc(Cl)cc2Br)c1C(=O)NN. The number of hydrogen-bond donors (Lipinski definition) is 3. The summed E-state index contributed by atoms with van der Waals surface area (Å²) in [5.74, 6) is 5.34. The highest BCUT2D eigenvalue weighted by atomic mass is 79.9. The molecule has 0 saturated carbocycles. The van der Waals surface area contributed by atoms with Crippen molar-refractivity contribution in [1.82, 2.24) is 15.6 Å². The van der Waals surface area contributed by atoms with Crippen LogP contribution < -0.4 is 16.0 Å². The number of rotatable bonds is 4. The molecule has 0 saturated heterocycles. The number of benzene rings is 1. The maximum absolute atomic E-state index is 11.7. The highest BCUT2D eigenvalue weighted by Gasteiger charge is 2.17. The van der Waals surface area contributed by atoms with Gasteiger partial charge in [0, 0.05) is 10.7 Å². The first-order chi connectivity index (χ1) is 9.52. The molecule has 2 rings (SSSR count). The zero-order valence-electron chi connectivity index (χ0n) is 10.5. The number of aromatic amines is 1. The normalized spacial score (nSPS) is 10.4. The van der Waals surface area contributed by atoms with Crippen molar-refractivity contribution in [3.8, 4) is 5.75 Å². The summed E-state index contributed by atoms with van der Waals surface area (Å²) in [6.07, 6.45) is 0. The lowest BCUT2D eigenvalue weighted by Crippen LogP contribution is -2.31. The van der Waals surface area contributed by atoms with Gasteiger partial charge in [-0.2, -0.15) is 5.10 Å². The van der Waals surface area contributed by atoms with Crippen LogP contribution in [0.15, 0.2) is 22.7 Å². The van der Waals surface area contributed by atoms with Crippen molar-refractivity contribution in [3.63, 3.8) is 0 Å². The Balaban J connectivity index is 2.17. The maximum atomic E-state index is 11.7. The van der Waals surface area contributed by atoms with Gasteiger partial charge in [-0.25, -0.2) is 5.84 Å². The Hall–Kier alpha value is -1.57. The molecule has 2 aromatic rings. The van der Waals surface area contributed by atoms with Gasteiger partial charge in [0.15, 0.2) is 0 Å². The van der Waals surface area contributed by atoms with Gasteiger partial charge in [0.2, 0.25) is 0 Å². The third-order valence-electron chi connectivity index (χ3n) is 2.64. The van der Waals surface area contributed by atoms with Crippen molar-refractivity contribution >= 4 is 33.4 Å². The van der Waals surface area contributed by atoms with E-state index in [4.69, 9.17) is 22.2 Å². The molecule has 0 radical (unpaired) electrons. The molecule has 0 bridgehead atoms. The number of carbonyl (C=O) groups excluding carboxylic acids is 1. The van der Waals surface area contributed by atoms with Crippen molar-refractivity contribution < 1.29 is 9.53 Å². The summed E-state index contributed by atoms with van der Waals surface area (Å²) in [6, 6.07) is 5.17. The molecule has 0 unspecified atom stereocenters. The summed E-state index contributed by atoms with van der Waals surface area (Å²) in [4.78, 5) is 11.7. The number of halogens is 2. The molecule has 0 atom stereocenters. The smallest absolute Gasteiger partial charge is 0.269 e. The average Bonchev–Trinajstić information content (AvgIpc) is 2.78. The maximum Gasteiger partial charge on any atom is 0.269 e. The van der Waals surface area contributed by atoms with Gasteiger partial charge in [-0.3, -0.25) is 15.3 Å². The second kappa shape index (κ2) is 6.25. The number of nitrogen functional groups attached to an aromatic ring is 1. The van der Waals surface area contributed by atoms with E-state index in [9.17, 15) is 4.79 Å². The molecule has 0 spiro atoms. The van der Waals surface area contributed by atoms with Crippen molar-refractivity contribution in [2.75, 3.05) is 0 Å². The van der Waals surface area contributed by atoms with Crippen LogP contribution in [0.3, 0.4) is 0 Å². The Morgan fingerprint density at radius 2 is 2.35 bits per heavy atom. The summed E-state index contributed by atoms with van der Waals surface area (Å²) in [6.45, 7) is 1.87. The summed E-state index contributed by atoms with van der Waals surface area (Å²) in [7, 11) is 0. The van der Waals surface area contributed by atoms with Crippen LogP contribution in [0.5, 0.6) is 5.75 Å². The molecule has 1 heterocycles. The predicted molar refractivity (Wildman–Crippen MR) is 78.5 cm³/mol. The second-order valence-corrected chi connectivity index (χ2v) is 5.30. The molecular weight excluding hydrogens is 348 g/mol. The molecule has 106 valence electrons. The van der Waals surface area contributed by atoms with Gasteiger partial charge in [-0.15, -0.1) is 0 Å². The van der Waals surface area contributed by atoms with Gasteiger partial charge in [-0.05, 0) is 41.1 Å². The number of H-pyrrole nitrogens is 1. The highest BCUT2D eigenvalue weighted by molar-refractivity contribution is 9.10. The van der Waals surface area contributed by atoms with E-state index < -0.39 is 5.91 Å². The van der Waals surface area contributed by atoms with Crippen LogP contribution in [0.2, 0.25) is 5.02 Å². The molecular formula is C12H12BrClN4O2. The molecule has 0 aliphatic carbocycles. The van der Waals surface area contributed by atoms with E-state index in [0.29, 0.717) is 27.7 Å². The topological polar surface area (TPSA) is 93.0 Å². The van der Waals surface area contributed by atoms with Gasteiger partial charge in [0.1, 0.15) is 18.1 Å². The minimum absolute atomic E-state index is 0.132. The minimum Gasteiger partial charge on any atom is -0.486 e. The quantitative estimate of drug-likeness (QED) is 0.444. The Morgan fingerprint density at radius 1 is 1.60 bits per heavy atom. The molecule has 0 fully saturated rings. The van der Waals surface area contributed by atoms with Crippen molar-refractivity contribution in [2.24, 2.45) is 5.84 Å². The van der Waals surface area contributed by atoms with Crippen molar-refractivity contribution in [3.05, 3.63) is 44.6 Å². The third-order valence-corrected chi connectivity index (χ3v) is 3.49. The number of carbonyl (C=O) groups is 1. The van der Waals surface area contributed by atoms with Gasteiger partial charge in [-0.1, -0.05) is 11.6 Å². The Labute approximate surface area is 128 Å². The van der Waals surface area contributed by atoms with Gasteiger partial charge in [0.05, 0.1) is 10.0 Å². The number of nitrogens with zero attached hydrogens (tertiary/aromatic N) is 1. The van der Waals surface area contributed by atoms with Crippen LogP contribution in [0.4, 0.5) is 0 Å². The summed E-state index contributed by atoms with van der Waals surface area (Å²) in [5.41, 5.74) is 3.58. The number of amides is 1. The fraction of sp³-hybridized carbons (Fsp3) is 0.167. The Bertz CT molecular complexity index is 644. The molecule has 1 aromatic carbocycles. The largest absolute Gasteiger partial charge is 0.486 e. The second-order valence-electron chi connectivity index (χ2n) is 4.01. The number of hydrogen-bond acceptors (Lipinski definition) is 4. The number of nitrogens with one attached hydrogen (secondary N) is 2. The standard InChI is InChI=1S/C12H12BrClN4O2/c1-6-11(12(19)16-15)9(18-17-6)5-20-10-3-2-7(14)4-8(10)13/h2-4H,5,15H2,1H3,(H,16,19)(H,17,18). The van der Waals surface area contributed by atoms with Crippen LogP contribution >= 0.6 is 27.5 Å². The van der Waals surface area contributed by atoms with Gasteiger partial charge >= 0.3 is 0 Å². The van der Waals surface area contributed by atoms with E-state index in [1.165, 1.54) is 0 Å². The molecule has 0 aliphatic heterocycles. The number of hydrazine groups is 1. The number of ether oxygens (including phenoxy) is 1. The Morgan fingerprint density at radius 3 is 3.00 bits per heavy atom. The molecule has 8 heteroatoms. The average molecular weight is 360 g/mol. The number of aromatic nitrogens is 2. The Kier molecular flexibility index (Phi) is 4.64. The van der Waals surface area contributed by atoms with Gasteiger partial charge < -0.3 is 4.74 Å². The lowest BCUT2D eigenvalue weighted by Gasteiger charge is -2.08. The van der Waals surface area contributed by atoms with E-state index in [2.05, 4.69) is 31.6 Å². The highest BCUT2D eigenvalue weighted by Crippen LogP contribution is 2.28. The molecule has 1 amide bonds. The lowest BCUT2D eigenvalue weighted by molar-refractivity contribution is 0.0950. The molecule has 1 aromatic heterocycles. The van der Waals surface area contributed by atoms with Crippen LogP contribution in [0, 0.1) is 6.92 Å². The van der Waals surface area contributed by atoms with Crippen LogP contribution in [0.25, 0.3) is 0 Å². The minimum atomic E-state index is -0.412. The van der Waals surface area contributed by atoms with Crippen molar-refractivity contribution in [2.45, 2.75) is 13.5 Å². The van der Waals surface area contributed by atoms with Crippen molar-refractivity contribution in [1.29, 1.82) is 0 Å². The molecule has 0 aliphatic rings.